The fourth-order valence-corrected chi connectivity index (χ4v) is 3.90. The van der Waals surface area contributed by atoms with Gasteiger partial charge in [-0.15, -0.1) is 0 Å². The van der Waals surface area contributed by atoms with Crippen LogP contribution in [0.3, 0.4) is 0 Å². The van der Waals surface area contributed by atoms with Gasteiger partial charge in [-0.1, -0.05) is 47.0 Å². The molecule has 0 aromatic heterocycles. The lowest BCUT2D eigenvalue weighted by molar-refractivity contribution is 0.0585. The summed E-state index contributed by atoms with van der Waals surface area (Å²) in [5, 5.41) is 3.74. The molecule has 0 amide bonds. The summed E-state index contributed by atoms with van der Waals surface area (Å²) in [6.07, 6.45) is 9.97. The molecule has 0 bridgehead atoms. The van der Waals surface area contributed by atoms with Crippen LogP contribution in [-0.4, -0.2) is 37.1 Å². The molecule has 2 aliphatic rings. The van der Waals surface area contributed by atoms with Gasteiger partial charge in [-0.2, -0.15) is 0 Å². The van der Waals surface area contributed by atoms with Gasteiger partial charge < -0.3 is 10.2 Å². The van der Waals surface area contributed by atoms with E-state index in [1.54, 1.807) is 0 Å². The van der Waals surface area contributed by atoms with Crippen molar-refractivity contribution in [3.05, 3.63) is 0 Å². The van der Waals surface area contributed by atoms with Crippen molar-refractivity contribution in [1.29, 1.82) is 0 Å². The topological polar surface area (TPSA) is 15.3 Å². The summed E-state index contributed by atoms with van der Waals surface area (Å²) < 4.78 is 0. The van der Waals surface area contributed by atoms with E-state index in [9.17, 15) is 0 Å². The summed E-state index contributed by atoms with van der Waals surface area (Å²) in [5.74, 6) is 0. The van der Waals surface area contributed by atoms with Crippen LogP contribution >= 0.6 is 0 Å². The van der Waals surface area contributed by atoms with Gasteiger partial charge in [0.15, 0.2) is 0 Å². The first-order valence-corrected chi connectivity index (χ1v) is 8.87. The molecule has 20 heavy (non-hydrogen) atoms. The molecule has 0 atom stereocenters. The van der Waals surface area contributed by atoms with Crippen molar-refractivity contribution in [3.63, 3.8) is 0 Å². The number of nitrogens with zero attached hydrogens (tertiary/aromatic N) is 1. The molecule has 2 fully saturated rings. The molecule has 1 saturated heterocycles. The maximum absolute atomic E-state index is 3.74. The third kappa shape index (κ3) is 4.73. The zero-order chi connectivity index (χ0) is 14.6. The van der Waals surface area contributed by atoms with Crippen molar-refractivity contribution < 1.29 is 0 Å². The van der Waals surface area contributed by atoms with Crippen molar-refractivity contribution in [3.8, 4) is 0 Å². The van der Waals surface area contributed by atoms with Crippen molar-refractivity contribution >= 4 is 0 Å². The fourth-order valence-electron chi connectivity index (χ4n) is 3.90. The first-order valence-electron chi connectivity index (χ1n) is 8.87. The van der Waals surface area contributed by atoms with Gasteiger partial charge in [-0.3, -0.25) is 0 Å². The summed E-state index contributed by atoms with van der Waals surface area (Å²) in [7, 11) is 0. The average molecular weight is 280 g/mol. The number of hydrogen-bond donors (Lipinski definition) is 1. The van der Waals surface area contributed by atoms with Gasteiger partial charge in [0.05, 0.1) is 0 Å². The van der Waals surface area contributed by atoms with Crippen LogP contribution < -0.4 is 5.32 Å². The molecule has 0 spiro atoms. The third-order valence-corrected chi connectivity index (χ3v) is 5.57. The number of hydrogen-bond acceptors (Lipinski definition) is 2. The molecular formula is C18H36N2. The van der Waals surface area contributed by atoms with E-state index in [1.807, 2.05) is 0 Å². The van der Waals surface area contributed by atoms with Gasteiger partial charge in [0.2, 0.25) is 0 Å². The molecule has 2 rings (SSSR count). The molecule has 2 heteroatoms. The summed E-state index contributed by atoms with van der Waals surface area (Å²) in [6, 6.07) is 0.620. The van der Waals surface area contributed by atoms with Crippen LogP contribution in [-0.2, 0) is 0 Å². The van der Waals surface area contributed by atoms with E-state index < -0.39 is 0 Å². The molecule has 2 nitrogen and oxygen atoms in total. The molecule has 1 N–H and O–H groups in total. The van der Waals surface area contributed by atoms with Gasteiger partial charge in [0.1, 0.15) is 0 Å². The predicted molar refractivity (Wildman–Crippen MR) is 88.1 cm³/mol. The number of nitrogens with one attached hydrogen (secondary N) is 1. The zero-order valence-electron chi connectivity index (χ0n) is 14.3. The Hall–Kier alpha value is -0.0800. The Bertz CT molecular complexity index is 280. The monoisotopic (exact) mass is 280 g/mol. The van der Waals surface area contributed by atoms with Crippen LogP contribution in [0.2, 0.25) is 0 Å². The van der Waals surface area contributed by atoms with E-state index in [2.05, 4.69) is 37.9 Å². The van der Waals surface area contributed by atoms with E-state index in [0.717, 1.165) is 0 Å². The second-order valence-corrected chi connectivity index (χ2v) is 8.54. The molecule has 1 saturated carbocycles. The Labute approximate surface area is 126 Å². The van der Waals surface area contributed by atoms with Crippen LogP contribution in [0.25, 0.3) is 0 Å². The Morgan fingerprint density at radius 3 is 2.10 bits per heavy atom. The van der Waals surface area contributed by atoms with E-state index >= 15 is 0 Å². The third-order valence-electron chi connectivity index (χ3n) is 5.57. The Morgan fingerprint density at radius 2 is 1.55 bits per heavy atom. The van der Waals surface area contributed by atoms with E-state index in [0.29, 0.717) is 16.9 Å². The SMILES string of the molecule is CC(C)NCC1(CN2CCC(C)(C)CC2)CCCCC1. The quantitative estimate of drug-likeness (QED) is 0.817. The highest BCUT2D eigenvalue weighted by Gasteiger charge is 2.35. The van der Waals surface area contributed by atoms with E-state index in [-0.39, 0.29) is 0 Å². The highest BCUT2D eigenvalue weighted by atomic mass is 15.1. The van der Waals surface area contributed by atoms with Crippen LogP contribution in [0.1, 0.15) is 72.6 Å². The van der Waals surface area contributed by atoms with Gasteiger partial charge in [0.25, 0.3) is 0 Å². The lowest BCUT2D eigenvalue weighted by Crippen LogP contribution is -2.49. The Morgan fingerprint density at radius 1 is 0.950 bits per heavy atom. The van der Waals surface area contributed by atoms with E-state index in [1.165, 1.54) is 71.1 Å². The van der Waals surface area contributed by atoms with Crippen molar-refractivity contribution in [2.24, 2.45) is 10.8 Å². The minimum Gasteiger partial charge on any atom is -0.314 e. The molecule has 0 unspecified atom stereocenters. The lowest BCUT2D eigenvalue weighted by atomic mass is 9.72. The molecule has 0 radical (unpaired) electrons. The first-order chi connectivity index (χ1) is 9.41. The summed E-state index contributed by atoms with van der Waals surface area (Å²) in [6.45, 7) is 14.6. The average Bonchev–Trinajstić information content (AvgIpc) is 2.40. The van der Waals surface area contributed by atoms with E-state index in [4.69, 9.17) is 0 Å². The minimum absolute atomic E-state index is 0.560. The molecule has 0 aromatic carbocycles. The highest BCUT2D eigenvalue weighted by Crippen LogP contribution is 2.38. The zero-order valence-corrected chi connectivity index (χ0v) is 14.3. The van der Waals surface area contributed by atoms with Gasteiger partial charge in [0, 0.05) is 19.1 Å². The molecule has 1 heterocycles. The van der Waals surface area contributed by atoms with Crippen LogP contribution in [0.5, 0.6) is 0 Å². The van der Waals surface area contributed by atoms with Gasteiger partial charge in [-0.05, 0) is 49.6 Å². The summed E-state index contributed by atoms with van der Waals surface area (Å²) >= 11 is 0. The summed E-state index contributed by atoms with van der Waals surface area (Å²) in [4.78, 5) is 2.76. The van der Waals surface area contributed by atoms with Crippen LogP contribution in [0.4, 0.5) is 0 Å². The summed E-state index contributed by atoms with van der Waals surface area (Å²) in [5.41, 5.74) is 1.14. The largest absolute Gasteiger partial charge is 0.314 e. The van der Waals surface area contributed by atoms with Crippen molar-refractivity contribution in [2.75, 3.05) is 26.2 Å². The first kappa shape index (κ1) is 16.3. The normalized spacial score (nSPS) is 26.9. The smallest absolute Gasteiger partial charge is 0.00501 e. The Balaban J connectivity index is 1.90. The van der Waals surface area contributed by atoms with Crippen LogP contribution in [0, 0.1) is 10.8 Å². The maximum atomic E-state index is 3.74. The second kappa shape index (κ2) is 6.79. The molecule has 118 valence electrons. The van der Waals surface area contributed by atoms with Crippen LogP contribution in [0.15, 0.2) is 0 Å². The van der Waals surface area contributed by atoms with Gasteiger partial charge >= 0.3 is 0 Å². The molecule has 1 aliphatic heterocycles. The molecule has 1 aliphatic carbocycles. The number of piperidine rings is 1. The maximum Gasteiger partial charge on any atom is 0.00501 e. The van der Waals surface area contributed by atoms with Crippen molar-refractivity contribution in [1.82, 2.24) is 10.2 Å². The number of likely N-dealkylation sites (tertiary alicyclic amines) is 1. The predicted octanol–water partition coefficient (Wildman–Crippen LogP) is 4.06. The second-order valence-electron chi connectivity index (χ2n) is 8.54. The molecule has 0 aromatic rings. The van der Waals surface area contributed by atoms with Crippen molar-refractivity contribution in [2.45, 2.75) is 78.7 Å². The number of rotatable bonds is 5. The highest BCUT2D eigenvalue weighted by molar-refractivity contribution is 4.90. The fraction of sp³-hybridized carbons (Fsp3) is 1.00. The lowest BCUT2D eigenvalue weighted by Gasteiger charge is -2.45. The standard InChI is InChI=1S/C18H36N2/c1-16(2)19-14-18(8-6-5-7-9-18)15-20-12-10-17(3,4)11-13-20/h16,19H,5-15H2,1-4H3. The van der Waals surface area contributed by atoms with Gasteiger partial charge in [-0.25, -0.2) is 0 Å². The Kier molecular flexibility index (Phi) is 5.53. The molecular weight excluding hydrogens is 244 g/mol. The minimum atomic E-state index is 0.560.